The van der Waals surface area contributed by atoms with Crippen LogP contribution in [-0.2, 0) is 4.79 Å². The lowest BCUT2D eigenvalue weighted by Crippen LogP contribution is -2.35. The Morgan fingerprint density at radius 2 is 2.00 bits per heavy atom. The van der Waals surface area contributed by atoms with Gasteiger partial charge in [-0.05, 0) is 38.5 Å². The number of rotatable bonds is 2. The fourth-order valence-electron chi connectivity index (χ4n) is 1.94. The summed E-state index contributed by atoms with van der Waals surface area (Å²) in [7, 11) is 0. The molecule has 1 aliphatic carbocycles. The van der Waals surface area contributed by atoms with E-state index in [1.807, 2.05) is 0 Å². The Morgan fingerprint density at radius 1 is 1.50 bits per heavy atom. The Labute approximate surface area is 74.0 Å². The van der Waals surface area contributed by atoms with Gasteiger partial charge >= 0.3 is 0 Å². The molecule has 0 heterocycles. The second-order valence-corrected chi connectivity index (χ2v) is 4.29. The zero-order valence-electron chi connectivity index (χ0n) is 7.97. The maximum atomic E-state index is 10.8. The van der Waals surface area contributed by atoms with Gasteiger partial charge in [0.1, 0.15) is 5.78 Å². The van der Waals surface area contributed by atoms with Crippen molar-refractivity contribution in [2.75, 3.05) is 0 Å². The van der Waals surface area contributed by atoms with Crippen molar-refractivity contribution in [3.05, 3.63) is 0 Å². The molecular formula is C10H18O2. The first kappa shape index (κ1) is 9.72. The number of hydrogen-bond donors (Lipinski definition) is 1. The van der Waals surface area contributed by atoms with Gasteiger partial charge in [0.25, 0.3) is 0 Å². The molecule has 1 N–H and O–H groups in total. The van der Waals surface area contributed by atoms with E-state index in [0.717, 1.165) is 31.6 Å². The Balaban J connectivity index is 2.44. The van der Waals surface area contributed by atoms with Crippen LogP contribution in [0.15, 0.2) is 0 Å². The van der Waals surface area contributed by atoms with Crippen molar-refractivity contribution in [1.82, 2.24) is 0 Å². The third-order valence-electron chi connectivity index (χ3n) is 2.78. The smallest absolute Gasteiger partial charge is 0.132 e. The molecular weight excluding hydrogens is 152 g/mol. The second kappa shape index (κ2) is 3.56. The van der Waals surface area contributed by atoms with Crippen molar-refractivity contribution < 1.29 is 9.90 Å². The van der Waals surface area contributed by atoms with E-state index in [4.69, 9.17) is 0 Å². The van der Waals surface area contributed by atoms with E-state index in [1.54, 1.807) is 6.92 Å². The van der Waals surface area contributed by atoms with Gasteiger partial charge in [-0.3, -0.25) is 4.79 Å². The zero-order valence-corrected chi connectivity index (χ0v) is 7.97. The molecule has 0 aliphatic heterocycles. The number of aliphatic hydroxyl groups is 1. The first-order valence-electron chi connectivity index (χ1n) is 4.74. The van der Waals surface area contributed by atoms with E-state index in [2.05, 4.69) is 6.92 Å². The van der Waals surface area contributed by atoms with E-state index in [1.165, 1.54) is 0 Å². The SMILES string of the molecule is CC(=O)CC1(O)CCC(C)CC1. The molecule has 0 aromatic rings. The van der Waals surface area contributed by atoms with E-state index >= 15 is 0 Å². The van der Waals surface area contributed by atoms with Crippen molar-refractivity contribution in [3.8, 4) is 0 Å². The van der Waals surface area contributed by atoms with Gasteiger partial charge in [-0.2, -0.15) is 0 Å². The van der Waals surface area contributed by atoms with Gasteiger partial charge in [0, 0.05) is 6.42 Å². The van der Waals surface area contributed by atoms with Crippen molar-refractivity contribution in [2.24, 2.45) is 5.92 Å². The highest BCUT2D eigenvalue weighted by atomic mass is 16.3. The maximum absolute atomic E-state index is 10.8. The molecule has 0 atom stereocenters. The molecule has 0 aromatic heterocycles. The number of ketones is 1. The summed E-state index contributed by atoms with van der Waals surface area (Å²) in [6, 6.07) is 0. The van der Waals surface area contributed by atoms with Crippen molar-refractivity contribution in [2.45, 2.75) is 51.6 Å². The number of Topliss-reactive ketones (excluding diaryl/α,β-unsaturated/α-hetero) is 1. The average Bonchev–Trinajstić information content (AvgIpc) is 1.94. The summed E-state index contributed by atoms with van der Waals surface area (Å²) in [5.74, 6) is 0.823. The molecule has 1 aliphatic rings. The van der Waals surface area contributed by atoms with Gasteiger partial charge in [0.2, 0.25) is 0 Å². The Bertz CT molecular complexity index is 167. The van der Waals surface area contributed by atoms with E-state index in [-0.39, 0.29) is 5.78 Å². The largest absolute Gasteiger partial charge is 0.389 e. The molecule has 12 heavy (non-hydrogen) atoms. The fourth-order valence-corrected chi connectivity index (χ4v) is 1.94. The maximum Gasteiger partial charge on any atom is 0.132 e. The van der Waals surface area contributed by atoms with E-state index < -0.39 is 5.60 Å². The Morgan fingerprint density at radius 3 is 2.42 bits per heavy atom. The van der Waals surface area contributed by atoms with Gasteiger partial charge in [-0.25, -0.2) is 0 Å². The lowest BCUT2D eigenvalue weighted by atomic mass is 9.77. The lowest BCUT2D eigenvalue weighted by molar-refractivity contribution is -0.123. The molecule has 2 heteroatoms. The second-order valence-electron chi connectivity index (χ2n) is 4.29. The molecule has 0 saturated heterocycles. The molecule has 0 unspecified atom stereocenters. The molecule has 0 bridgehead atoms. The highest BCUT2D eigenvalue weighted by molar-refractivity contribution is 5.76. The summed E-state index contributed by atoms with van der Waals surface area (Å²) in [5, 5.41) is 9.94. The topological polar surface area (TPSA) is 37.3 Å². The molecule has 0 spiro atoms. The number of carbonyl (C=O) groups excluding carboxylic acids is 1. The summed E-state index contributed by atoms with van der Waals surface area (Å²) >= 11 is 0. The van der Waals surface area contributed by atoms with Crippen LogP contribution in [0.4, 0.5) is 0 Å². The molecule has 70 valence electrons. The third kappa shape index (κ3) is 2.59. The molecule has 0 aromatic carbocycles. The molecule has 1 saturated carbocycles. The summed E-state index contributed by atoms with van der Waals surface area (Å²) in [6.45, 7) is 3.75. The highest BCUT2D eigenvalue weighted by Gasteiger charge is 2.32. The predicted octanol–water partition coefficient (Wildman–Crippen LogP) is 1.91. The van der Waals surface area contributed by atoms with Crippen LogP contribution in [-0.4, -0.2) is 16.5 Å². The van der Waals surface area contributed by atoms with Crippen LogP contribution < -0.4 is 0 Å². The summed E-state index contributed by atoms with van der Waals surface area (Å²) in [4.78, 5) is 10.8. The number of carbonyl (C=O) groups is 1. The third-order valence-corrected chi connectivity index (χ3v) is 2.78. The van der Waals surface area contributed by atoms with Crippen molar-refractivity contribution in [3.63, 3.8) is 0 Å². The average molecular weight is 170 g/mol. The van der Waals surface area contributed by atoms with Crippen LogP contribution in [0.25, 0.3) is 0 Å². The Kier molecular flexibility index (Phi) is 2.89. The van der Waals surface area contributed by atoms with Gasteiger partial charge in [0.15, 0.2) is 0 Å². The monoisotopic (exact) mass is 170 g/mol. The molecule has 2 nitrogen and oxygen atoms in total. The van der Waals surface area contributed by atoms with Crippen LogP contribution in [0.1, 0.15) is 46.0 Å². The predicted molar refractivity (Wildman–Crippen MR) is 47.9 cm³/mol. The normalized spacial score (nSPS) is 36.4. The number of hydrogen-bond acceptors (Lipinski definition) is 2. The van der Waals surface area contributed by atoms with E-state index in [0.29, 0.717) is 6.42 Å². The fraction of sp³-hybridized carbons (Fsp3) is 0.900. The van der Waals surface area contributed by atoms with Crippen LogP contribution >= 0.6 is 0 Å². The minimum atomic E-state index is -0.668. The lowest BCUT2D eigenvalue weighted by Gasteiger charge is -2.34. The van der Waals surface area contributed by atoms with E-state index in [9.17, 15) is 9.90 Å². The van der Waals surface area contributed by atoms with Gasteiger partial charge in [-0.15, -0.1) is 0 Å². The molecule has 0 radical (unpaired) electrons. The summed E-state index contributed by atoms with van der Waals surface area (Å²) in [6.07, 6.45) is 4.06. The van der Waals surface area contributed by atoms with Gasteiger partial charge < -0.3 is 5.11 Å². The minimum Gasteiger partial charge on any atom is -0.389 e. The quantitative estimate of drug-likeness (QED) is 0.687. The zero-order chi connectivity index (χ0) is 9.19. The summed E-state index contributed by atoms with van der Waals surface area (Å²) < 4.78 is 0. The molecule has 1 rings (SSSR count). The highest BCUT2D eigenvalue weighted by Crippen LogP contribution is 2.33. The first-order valence-corrected chi connectivity index (χ1v) is 4.74. The van der Waals surface area contributed by atoms with Crippen LogP contribution in [0.5, 0.6) is 0 Å². The van der Waals surface area contributed by atoms with Gasteiger partial charge in [0.05, 0.1) is 5.60 Å². The first-order chi connectivity index (χ1) is 5.52. The molecule has 0 amide bonds. The van der Waals surface area contributed by atoms with Crippen LogP contribution in [0.3, 0.4) is 0 Å². The van der Waals surface area contributed by atoms with Crippen LogP contribution in [0, 0.1) is 5.92 Å². The Hall–Kier alpha value is -0.370. The van der Waals surface area contributed by atoms with Crippen molar-refractivity contribution in [1.29, 1.82) is 0 Å². The van der Waals surface area contributed by atoms with Gasteiger partial charge in [-0.1, -0.05) is 6.92 Å². The van der Waals surface area contributed by atoms with Crippen molar-refractivity contribution >= 4 is 5.78 Å². The van der Waals surface area contributed by atoms with Crippen LogP contribution in [0.2, 0.25) is 0 Å². The summed E-state index contributed by atoms with van der Waals surface area (Å²) in [5.41, 5.74) is -0.668. The standard InChI is InChI=1S/C10H18O2/c1-8-3-5-10(12,6-4-8)7-9(2)11/h8,12H,3-7H2,1-2H3. The molecule has 1 fully saturated rings. The minimum absolute atomic E-state index is 0.104.